The lowest BCUT2D eigenvalue weighted by Gasteiger charge is -2.24. The molecule has 0 aliphatic rings. The van der Waals surface area contributed by atoms with Crippen LogP contribution >= 0.6 is 0 Å². The van der Waals surface area contributed by atoms with Crippen molar-refractivity contribution in [2.75, 3.05) is 18.8 Å². The van der Waals surface area contributed by atoms with Gasteiger partial charge in [0.25, 0.3) is 5.56 Å². The first-order chi connectivity index (χ1) is 14.5. The number of Topliss-reactive ketones (excluding diaryl/α,β-unsaturated/α-hetero) is 1. The van der Waals surface area contributed by atoms with Crippen LogP contribution in [0.5, 0.6) is 0 Å². The number of benzene rings is 1. The molecule has 2 rings (SSSR count). The first kappa shape index (κ1) is 24.0. The van der Waals surface area contributed by atoms with Gasteiger partial charge in [0.1, 0.15) is 17.2 Å². The number of carbonyl (C=O) groups excluding carboxylic acids is 2. The third-order valence-electron chi connectivity index (χ3n) is 5.06. The number of hydrogen-bond donors (Lipinski definition) is 2. The third kappa shape index (κ3) is 5.26. The second-order valence-corrected chi connectivity index (χ2v) is 7.65. The molecule has 2 aromatic rings. The van der Waals surface area contributed by atoms with Gasteiger partial charge in [-0.3, -0.25) is 28.4 Å². The van der Waals surface area contributed by atoms with E-state index in [9.17, 15) is 23.6 Å². The van der Waals surface area contributed by atoms with Gasteiger partial charge < -0.3 is 11.5 Å². The van der Waals surface area contributed by atoms with E-state index in [2.05, 4.69) is 0 Å². The maximum absolute atomic E-state index is 13.6. The van der Waals surface area contributed by atoms with Crippen LogP contribution in [0, 0.1) is 12.7 Å². The van der Waals surface area contributed by atoms with Gasteiger partial charge in [-0.2, -0.15) is 0 Å². The van der Waals surface area contributed by atoms with Gasteiger partial charge in [-0.05, 0) is 44.9 Å². The summed E-state index contributed by atoms with van der Waals surface area (Å²) >= 11 is 0. The SMILES string of the molecule is CCn1c(=O)c(C(=O)CN(CC(N)=O)C(C)C)c(N)n(Cc2ccc(F)c(C)c2)c1=O. The third-order valence-corrected chi connectivity index (χ3v) is 5.06. The summed E-state index contributed by atoms with van der Waals surface area (Å²) in [4.78, 5) is 51.5. The average molecular weight is 433 g/mol. The van der Waals surface area contributed by atoms with Gasteiger partial charge in [0.05, 0.1) is 19.6 Å². The van der Waals surface area contributed by atoms with Crippen LogP contribution < -0.4 is 22.7 Å². The molecule has 1 amide bonds. The minimum absolute atomic E-state index is 0.0376. The fraction of sp³-hybridized carbons (Fsp3) is 0.429. The Kier molecular flexibility index (Phi) is 7.50. The number of aryl methyl sites for hydroxylation is 1. The maximum Gasteiger partial charge on any atom is 0.332 e. The van der Waals surface area contributed by atoms with Gasteiger partial charge in [0.15, 0.2) is 5.78 Å². The zero-order valence-electron chi connectivity index (χ0n) is 18.1. The molecular weight excluding hydrogens is 405 g/mol. The van der Waals surface area contributed by atoms with Crippen molar-refractivity contribution in [3.63, 3.8) is 0 Å². The van der Waals surface area contributed by atoms with Crippen molar-refractivity contribution >= 4 is 17.5 Å². The molecule has 9 nitrogen and oxygen atoms in total. The van der Waals surface area contributed by atoms with E-state index in [0.717, 1.165) is 9.13 Å². The van der Waals surface area contributed by atoms with Crippen LogP contribution in [-0.2, 0) is 17.9 Å². The number of primary amides is 1. The van der Waals surface area contributed by atoms with Crippen LogP contribution in [0.3, 0.4) is 0 Å². The van der Waals surface area contributed by atoms with Crippen molar-refractivity contribution in [2.45, 2.75) is 46.8 Å². The summed E-state index contributed by atoms with van der Waals surface area (Å²) in [6.45, 7) is 6.32. The summed E-state index contributed by atoms with van der Waals surface area (Å²) < 4.78 is 15.6. The number of aromatic nitrogens is 2. The molecule has 0 atom stereocenters. The fourth-order valence-corrected chi connectivity index (χ4v) is 3.28. The number of amides is 1. The molecular formula is C21H28FN5O4. The predicted octanol–water partition coefficient (Wildman–Crippen LogP) is 0.486. The number of halogens is 1. The molecule has 1 heterocycles. The van der Waals surface area contributed by atoms with E-state index >= 15 is 0 Å². The Morgan fingerprint density at radius 1 is 1.16 bits per heavy atom. The molecule has 0 spiro atoms. The molecule has 1 aromatic carbocycles. The molecule has 10 heteroatoms. The second kappa shape index (κ2) is 9.69. The minimum atomic E-state index is -0.788. The molecule has 0 unspecified atom stereocenters. The van der Waals surface area contributed by atoms with Crippen molar-refractivity contribution in [1.82, 2.24) is 14.0 Å². The van der Waals surface area contributed by atoms with E-state index in [4.69, 9.17) is 11.5 Å². The van der Waals surface area contributed by atoms with Gasteiger partial charge in [-0.15, -0.1) is 0 Å². The van der Waals surface area contributed by atoms with Crippen molar-refractivity contribution in [3.05, 3.63) is 61.5 Å². The zero-order chi connectivity index (χ0) is 23.5. The molecule has 0 aliphatic carbocycles. The zero-order valence-corrected chi connectivity index (χ0v) is 18.1. The second-order valence-electron chi connectivity index (χ2n) is 7.65. The van der Waals surface area contributed by atoms with Crippen molar-refractivity contribution < 1.29 is 14.0 Å². The van der Waals surface area contributed by atoms with E-state index < -0.39 is 22.9 Å². The number of rotatable bonds is 9. The van der Waals surface area contributed by atoms with Gasteiger partial charge in [0, 0.05) is 12.6 Å². The summed E-state index contributed by atoms with van der Waals surface area (Å²) in [5, 5.41) is 0. The van der Waals surface area contributed by atoms with Crippen molar-refractivity contribution in [2.24, 2.45) is 5.73 Å². The Hall–Kier alpha value is -3.27. The number of nitrogens with zero attached hydrogens (tertiary/aromatic N) is 3. The summed E-state index contributed by atoms with van der Waals surface area (Å²) in [7, 11) is 0. The Morgan fingerprint density at radius 3 is 2.32 bits per heavy atom. The molecule has 0 radical (unpaired) electrons. The molecule has 0 saturated carbocycles. The van der Waals surface area contributed by atoms with E-state index in [1.807, 2.05) is 0 Å². The van der Waals surface area contributed by atoms with E-state index in [1.54, 1.807) is 33.8 Å². The number of anilines is 1. The van der Waals surface area contributed by atoms with Crippen molar-refractivity contribution in [1.29, 1.82) is 0 Å². The molecule has 4 N–H and O–H groups in total. The van der Waals surface area contributed by atoms with Crippen LogP contribution in [0.15, 0.2) is 27.8 Å². The summed E-state index contributed by atoms with van der Waals surface area (Å²) in [6, 6.07) is 4.15. The Labute approximate surface area is 179 Å². The molecule has 0 saturated heterocycles. The quantitative estimate of drug-likeness (QED) is 0.553. The van der Waals surface area contributed by atoms with Gasteiger partial charge in [0.2, 0.25) is 5.91 Å². The van der Waals surface area contributed by atoms with Crippen molar-refractivity contribution in [3.8, 4) is 0 Å². The van der Waals surface area contributed by atoms with Gasteiger partial charge >= 0.3 is 5.69 Å². The van der Waals surface area contributed by atoms with Crippen LogP contribution in [0.1, 0.15) is 42.3 Å². The van der Waals surface area contributed by atoms with Gasteiger partial charge in [-0.25, -0.2) is 9.18 Å². The topological polar surface area (TPSA) is 133 Å². The number of ketones is 1. The van der Waals surface area contributed by atoms with Crippen LogP contribution in [0.2, 0.25) is 0 Å². The molecule has 0 aliphatic heterocycles. The van der Waals surface area contributed by atoms with Crippen LogP contribution in [-0.4, -0.2) is 44.9 Å². The number of carbonyl (C=O) groups is 2. The first-order valence-corrected chi connectivity index (χ1v) is 9.91. The number of nitrogen functional groups attached to an aromatic ring is 1. The number of nitrogens with two attached hydrogens (primary N) is 2. The summed E-state index contributed by atoms with van der Waals surface area (Å²) in [5.74, 6) is -1.89. The Morgan fingerprint density at radius 2 is 1.81 bits per heavy atom. The minimum Gasteiger partial charge on any atom is -0.384 e. The standard InChI is InChI=1S/C21H28FN5O4/c1-5-26-20(30)18(16(28)10-25(12(2)3)11-17(23)29)19(24)27(21(26)31)9-14-6-7-15(22)13(4)8-14/h6-8,12H,5,9-11,24H2,1-4H3,(H2,23,29). The lowest BCUT2D eigenvalue weighted by atomic mass is 10.1. The first-order valence-electron chi connectivity index (χ1n) is 9.91. The summed E-state index contributed by atoms with van der Waals surface area (Å²) in [6.07, 6.45) is 0. The highest BCUT2D eigenvalue weighted by Crippen LogP contribution is 2.14. The highest BCUT2D eigenvalue weighted by molar-refractivity contribution is 6.01. The Bertz CT molecular complexity index is 1120. The van der Waals surface area contributed by atoms with Gasteiger partial charge in [-0.1, -0.05) is 12.1 Å². The average Bonchev–Trinajstić information content (AvgIpc) is 2.67. The lowest BCUT2D eigenvalue weighted by molar-refractivity contribution is -0.119. The lowest BCUT2D eigenvalue weighted by Crippen LogP contribution is -2.47. The molecule has 31 heavy (non-hydrogen) atoms. The molecule has 0 bridgehead atoms. The highest BCUT2D eigenvalue weighted by atomic mass is 19.1. The Balaban J connectivity index is 2.57. The normalized spacial score (nSPS) is 11.3. The van der Waals surface area contributed by atoms with E-state index in [0.29, 0.717) is 11.1 Å². The fourth-order valence-electron chi connectivity index (χ4n) is 3.28. The maximum atomic E-state index is 13.6. The largest absolute Gasteiger partial charge is 0.384 e. The molecule has 0 fully saturated rings. The summed E-state index contributed by atoms with van der Waals surface area (Å²) in [5.41, 5.74) is 10.6. The molecule has 168 valence electrons. The smallest absolute Gasteiger partial charge is 0.332 e. The highest BCUT2D eigenvalue weighted by Gasteiger charge is 2.25. The van der Waals surface area contributed by atoms with E-state index in [-0.39, 0.29) is 49.4 Å². The number of hydrogen-bond acceptors (Lipinski definition) is 6. The predicted molar refractivity (Wildman–Crippen MR) is 116 cm³/mol. The van der Waals surface area contributed by atoms with Crippen LogP contribution in [0.25, 0.3) is 0 Å². The monoisotopic (exact) mass is 433 g/mol. The van der Waals surface area contributed by atoms with E-state index in [1.165, 1.54) is 17.0 Å². The van der Waals surface area contributed by atoms with Crippen LogP contribution in [0.4, 0.5) is 10.2 Å². The molecule has 1 aromatic heterocycles.